The quantitative estimate of drug-likeness (QED) is 0.683. The number of aromatic hydroxyl groups is 1. The van der Waals surface area contributed by atoms with Gasteiger partial charge in [-0.3, -0.25) is 4.79 Å². The maximum absolute atomic E-state index is 11.0. The van der Waals surface area contributed by atoms with E-state index in [0.29, 0.717) is 5.69 Å². The van der Waals surface area contributed by atoms with Gasteiger partial charge in [0.15, 0.2) is 5.75 Å². The Bertz CT molecular complexity index is 339. The Hall–Kier alpha value is -1.25. The first-order chi connectivity index (χ1) is 5.54. The summed E-state index contributed by atoms with van der Waals surface area (Å²) in [5, 5.41) is 9.42. The predicted octanol–water partition coefficient (Wildman–Crippen LogP) is 1.21. The van der Waals surface area contributed by atoms with Gasteiger partial charge in [-0.25, -0.2) is 0 Å². The lowest BCUT2D eigenvalue weighted by molar-refractivity contribution is 0.447. The minimum atomic E-state index is -0.309. The monoisotopic (exact) mass is 167 g/mol. The van der Waals surface area contributed by atoms with Crippen molar-refractivity contribution < 1.29 is 5.11 Å². The van der Waals surface area contributed by atoms with Crippen LogP contribution in [0.4, 0.5) is 0 Å². The fourth-order valence-electron chi connectivity index (χ4n) is 1.31. The van der Waals surface area contributed by atoms with Crippen molar-refractivity contribution in [3.05, 3.63) is 28.2 Å². The molecule has 0 amide bonds. The van der Waals surface area contributed by atoms with Gasteiger partial charge in [0.1, 0.15) is 0 Å². The average molecular weight is 167 g/mol. The van der Waals surface area contributed by atoms with Crippen molar-refractivity contribution in [2.24, 2.45) is 7.05 Å². The Balaban J connectivity index is 3.43. The largest absolute Gasteiger partial charge is 0.503 e. The summed E-state index contributed by atoms with van der Waals surface area (Å²) in [6.45, 7) is 3.88. The maximum atomic E-state index is 11.0. The third kappa shape index (κ3) is 1.35. The molecular formula is C9H13NO2. The Labute approximate surface area is 71.3 Å². The first-order valence-electron chi connectivity index (χ1n) is 3.92. The van der Waals surface area contributed by atoms with Crippen LogP contribution < -0.4 is 5.43 Å². The molecule has 0 spiro atoms. The molecule has 0 saturated carbocycles. The van der Waals surface area contributed by atoms with E-state index in [1.54, 1.807) is 10.8 Å². The molecule has 0 aliphatic rings. The predicted molar refractivity (Wildman–Crippen MR) is 47.4 cm³/mol. The van der Waals surface area contributed by atoms with Crippen LogP contribution in [0.25, 0.3) is 0 Å². The van der Waals surface area contributed by atoms with Gasteiger partial charge >= 0.3 is 0 Å². The van der Waals surface area contributed by atoms with Crippen molar-refractivity contribution >= 4 is 0 Å². The Morgan fingerprint density at radius 1 is 1.50 bits per heavy atom. The van der Waals surface area contributed by atoms with Gasteiger partial charge in [-0.05, 0) is 5.92 Å². The molecule has 0 unspecified atom stereocenters. The molecule has 0 aromatic carbocycles. The van der Waals surface area contributed by atoms with Crippen molar-refractivity contribution in [1.29, 1.82) is 0 Å². The third-order valence-electron chi connectivity index (χ3n) is 1.85. The fourth-order valence-corrected chi connectivity index (χ4v) is 1.31. The van der Waals surface area contributed by atoms with E-state index in [1.807, 2.05) is 20.9 Å². The van der Waals surface area contributed by atoms with Crippen LogP contribution in [0.3, 0.4) is 0 Å². The topological polar surface area (TPSA) is 42.2 Å². The summed E-state index contributed by atoms with van der Waals surface area (Å²) in [5.74, 6) is 0.0268. The van der Waals surface area contributed by atoms with E-state index < -0.39 is 0 Å². The van der Waals surface area contributed by atoms with Crippen molar-refractivity contribution in [2.45, 2.75) is 19.8 Å². The Kier molecular flexibility index (Phi) is 2.22. The second kappa shape index (κ2) is 3.01. The van der Waals surface area contributed by atoms with E-state index >= 15 is 0 Å². The van der Waals surface area contributed by atoms with E-state index in [2.05, 4.69) is 0 Å². The average Bonchev–Trinajstić information content (AvgIpc) is 1.97. The molecule has 1 rings (SSSR count). The van der Waals surface area contributed by atoms with Crippen molar-refractivity contribution in [3.63, 3.8) is 0 Å². The molecule has 0 radical (unpaired) electrons. The van der Waals surface area contributed by atoms with Crippen LogP contribution in [-0.2, 0) is 7.05 Å². The van der Waals surface area contributed by atoms with Crippen LogP contribution >= 0.6 is 0 Å². The Morgan fingerprint density at radius 3 is 2.50 bits per heavy atom. The van der Waals surface area contributed by atoms with Crippen molar-refractivity contribution in [3.8, 4) is 5.75 Å². The van der Waals surface area contributed by atoms with E-state index in [1.165, 1.54) is 6.07 Å². The van der Waals surface area contributed by atoms with Crippen molar-refractivity contribution in [2.75, 3.05) is 0 Å². The normalized spacial score (nSPS) is 10.7. The molecule has 1 aromatic rings. The van der Waals surface area contributed by atoms with Crippen LogP contribution in [0.5, 0.6) is 5.75 Å². The zero-order valence-corrected chi connectivity index (χ0v) is 7.53. The summed E-state index contributed by atoms with van der Waals surface area (Å²) in [6, 6.07) is 1.36. The number of hydrogen-bond donors (Lipinski definition) is 1. The first kappa shape index (κ1) is 8.84. The van der Waals surface area contributed by atoms with Gasteiger partial charge in [0.2, 0.25) is 5.43 Å². The minimum absolute atomic E-state index is 0.130. The molecule has 3 nitrogen and oxygen atoms in total. The molecule has 0 bridgehead atoms. The molecule has 0 atom stereocenters. The highest BCUT2D eigenvalue weighted by Crippen LogP contribution is 2.19. The smallest absolute Gasteiger partial charge is 0.223 e. The number of aromatic nitrogens is 1. The van der Waals surface area contributed by atoms with Crippen LogP contribution in [-0.4, -0.2) is 9.67 Å². The molecule has 0 saturated heterocycles. The summed E-state index contributed by atoms with van der Waals surface area (Å²) < 4.78 is 1.77. The lowest BCUT2D eigenvalue weighted by Crippen LogP contribution is -2.10. The highest BCUT2D eigenvalue weighted by atomic mass is 16.3. The number of hydrogen-bond acceptors (Lipinski definition) is 2. The maximum Gasteiger partial charge on any atom is 0.223 e. The van der Waals surface area contributed by atoms with Gasteiger partial charge in [-0.2, -0.15) is 0 Å². The summed E-state index contributed by atoms with van der Waals surface area (Å²) in [6.07, 6.45) is 1.66. The minimum Gasteiger partial charge on any atom is -0.503 e. The zero-order chi connectivity index (χ0) is 9.30. The van der Waals surface area contributed by atoms with E-state index in [9.17, 15) is 9.90 Å². The van der Waals surface area contributed by atoms with Gasteiger partial charge in [0, 0.05) is 19.3 Å². The number of rotatable bonds is 1. The zero-order valence-electron chi connectivity index (χ0n) is 7.53. The van der Waals surface area contributed by atoms with Crippen LogP contribution in [0.1, 0.15) is 25.5 Å². The van der Waals surface area contributed by atoms with Gasteiger partial charge in [-0.1, -0.05) is 13.8 Å². The van der Waals surface area contributed by atoms with E-state index in [4.69, 9.17) is 0 Å². The van der Waals surface area contributed by atoms with Gasteiger partial charge in [-0.15, -0.1) is 0 Å². The number of pyridine rings is 1. The summed E-state index contributed by atoms with van der Waals surface area (Å²) >= 11 is 0. The summed E-state index contributed by atoms with van der Waals surface area (Å²) in [4.78, 5) is 11.0. The molecule has 12 heavy (non-hydrogen) atoms. The highest BCUT2D eigenvalue weighted by Gasteiger charge is 2.10. The molecule has 0 aliphatic carbocycles. The molecule has 0 aliphatic heterocycles. The fraction of sp³-hybridized carbons (Fsp3) is 0.444. The Morgan fingerprint density at radius 2 is 2.08 bits per heavy atom. The van der Waals surface area contributed by atoms with Gasteiger partial charge in [0.25, 0.3) is 0 Å². The standard InChI is InChI=1S/C9H13NO2/c1-6(2)8-9(12)7(11)4-5-10(8)3/h4-6,12H,1-3H3. The van der Waals surface area contributed by atoms with E-state index in [-0.39, 0.29) is 17.1 Å². The third-order valence-corrected chi connectivity index (χ3v) is 1.85. The second-order valence-electron chi connectivity index (χ2n) is 3.18. The summed E-state index contributed by atoms with van der Waals surface area (Å²) in [5.41, 5.74) is 0.374. The number of nitrogens with zero attached hydrogens (tertiary/aromatic N) is 1. The molecule has 3 heteroatoms. The second-order valence-corrected chi connectivity index (χ2v) is 3.18. The van der Waals surface area contributed by atoms with Crippen LogP contribution in [0.2, 0.25) is 0 Å². The lowest BCUT2D eigenvalue weighted by atomic mass is 10.1. The van der Waals surface area contributed by atoms with Gasteiger partial charge in [0.05, 0.1) is 5.69 Å². The van der Waals surface area contributed by atoms with Gasteiger partial charge < -0.3 is 9.67 Å². The van der Waals surface area contributed by atoms with Crippen LogP contribution in [0, 0.1) is 0 Å². The molecular weight excluding hydrogens is 154 g/mol. The van der Waals surface area contributed by atoms with E-state index in [0.717, 1.165) is 0 Å². The molecule has 0 fully saturated rings. The summed E-state index contributed by atoms with van der Waals surface area (Å²) in [7, 11) is 1.81. The SMILES string of the molecule is CC(C)c1c(O)c(=O)ccn1C. The van der Waals surface area contributed by atoms with Crippen molar-refractivity contribution in [1.82, 2.24) is 4.57 Å². The van der Waals surface area contributed by atoms with Crippen LogP contribution in [0.15, 0.2) is 17.1 Å². The molecule has 1 N–H and O–H groups in total. The number of aryl methyl sites for hydroxylation is 1. The molecule has 66 valence electrons. The first-order valence-corrected chi connectivity index (χ1v) is 3.92. The highest BCUT2D eigenvalue weighted by molar-refractivity contribution is 5.28. The molecule has 1 heterocycles. The lowest BCUT2D eigenvalue weighted by Gasteiger charge is -2.12. The molecule has 1 aromatic heterocycles.